The fraction of sp³-hybridized carbons (Fsp3) is 0.100. The normalized spacial score (nSPS) is 11.1. The number of nitrogen functional groups attached to an aromatic ring is 1. The standard InChI is InChI=1S/C10H11FN6O3S/c1-21(19,20)17-7-4-5(2-3-6(7)11)13-9(18)8-14-10(12)16-15-8/h2-4,17H,1H3,(H,13,18)(H3,12,14,15,16). The molecule has 2 rings (SSSR count). The number of aromatic nitrogens is 3. The molecule has 1 heterocycles. The molecule has 0 saturated carbocycles. The summed E-state index contributed by atoms with van der Waals surface area (Å²) in [5.41, 5.74) is 5.15. The average Bonchev–Trinajstić information content (AvgIpc) is 2.78. The number of carbonyl (C=O) groups excluding carboxylic acids is 1. The molecule has 0 saturated heterocycles. The highest BCUT2D eigenvalue weighted by Crippen LogP contribution is 2.20. The van der Waals surface area contributed by atoms with Crippen LogP contribution in [0, 0.1) is 5.82 Å². The summed E-state index contributed by atoms with van der Waals surface area (Å²) in [5.74, 6) is -1.66. The maximum absolute atomic E-state index is 13.5. The molecule has 0 fully saturated rings. The Hall–Kier alpha value is -2.69. The Labute approximate surface area is 118 Å². The molecule has 0 unspecified atom stereocenters. The quantitative estimate of drug-likeness (QED) is 0.632. The van der Waals surface area contributed by atoms with Crippen LogP contribution < -0.4 is 15.8 Å². The minimum Gasteiger partial charge on any atom is -0.366 e. The van der Waals surface area contributed by atoms with E-state index < -0.39 is 21.7 Å². The number of carbonyl (C=O) groups is 1. The van der Waals surface area contributed by atoms with Gasteiger partial charge in [0.2, 0.25) is 21.8 Å². The van der Waals surface area contributed by atoms with Crippen LogP contribution in [0.1, 0.15) is 10.6 Å². The number of anilines is 3. The van der Waals surface area contributed by atoms with E-state index in [9.17, 15) is 17.6 Å². The first-order chi connectivity index (χ1) is 9.74. The van der Waals surface area contributed by atoms with Crippen molar-refractivity contribution in [2.45, 2.75) is 0 Å². The first-order valence-corrected chi connectivity index (χ1v) is 7.40. The average molecular weight is 314 g/mol. The van der Waals surface area contributed by atoms with E-state index in [2.05, 4.69) is 20.5 Å². The van der Waals surface area contributed by atoms with E-state index in [1.54, 1.807) is 0 Å². The number of rotatable bonds is 4. The number of nitrogens with zero attached hydrogens (tertiary/aromatic N) is 2. The molecule has 0 radical (unpaired) electrons. The number of H-pyrrole nitrogens is 1. The maximum Gasteiger partial charge on any atom is 0.293 e. The lowest BCUT2D eigenvalue weighted by Crippen LogP contribution is -2.15. The predicted octanol–water partition coefficient (Wildman–Crippen LogP) is 0.150. The van der Waals surface area contributed by atoms with Gasteiger partial charge in [0.1, 0.15) is 5.82 Å². The molecule has 11 heteroatoms. The zero-order valence-corrected chi connectivity index (χ0v) is 11.5. The van der Waals surface area contributed by atoms with Gasteiger partial charge in [-0.3, -0.25) is 14.6 Å². The van der Waals surface area contributed by atoms with Gasteiger partial charge in [0.05, 0.1) is 11.9 Å². The highest BCUT2D eigenvalue weighted by Gasteiger charge is 2.13. The molecule has 21 heavy (non-hydrogen) atoms. The molecule has 0 atom stereocenters. The molecule has 5 N–H and O–H groups in total. The van der Waals surface area contributed by atoms with E-state index in [0.717, 1.165) is 18.4 Å². The Morgan fingerprint density at radius 1 is 1.43 bits per heavy atom. The van der Waals surface area contributed by atoms with Crippen molar-refractivity contribution in [2.24, 2.45) is 0 Å². The van der Waals surface area contributed by atoms with Gasteiger partial charge < -0.3 is 11.1 Å². The number of sulfonamides is 1. The first kappa shape index (κ1) is 14.7. The molecular weight excluding hydrogens is 303 g/mol. The van der Waals surface area contributed by atoms with Crippen LogP contribution in [0.4, 0.5) is 21.7 Å². The number of amides is 1. The Bertz CT molecular complexity index is 788. The number of halogens is 1. The Balaban J connectivity index is 2.21. The summed E-state index contributed by atoms with van der Waals surface area (Å²) in [7, 11) is -3.64. The summed E-state index contributed by atoms with van der Waals surface area (Å²) in [6, 6.07) is 3.41. The van der Waals surface area contributed by atoms with Crippen molar-refractivity contribution < 1.29 is 17.6 Å². The number of aromatic amines is 1. The minimum absolute atomic E-state index is 0.0984. The van der Waals surface area contributed by atoms with Crippen molar-refractivity contribution in [3.8, 4) is 0 Å². The number of hydrogen-bond acceptors (Lipinski definition) is 6. The molecular formula is C10H11FN6O3S. The second-order valence-electron chi connectivity index (χ2n) is 4.07. The summed E-state index contributed by atoms with van der Waals surface area (Å²) in [6.45, 7) is 0. The summed E-state index contributed by atoms with van der Waals surface area (Å²) in [4.78, 5) is 15.4. The maximum atomic E-state index is 13.5. The molecule has 0 spiro atoms. The molecule has 1 amide bonds. The molecule has 112 valence electrons. The van der Waals surface area contributed by atoms with Crippen LogP contribution in [0.3, 0.4) is 0 Å². The molecule has 2 aromatic rings. The van der Waals surface area contributed by atoms with Crippen LogP contribution in [0.15, 0.2) is 18.2 Å². The highest BCUT2D eigenvalue weighted by atomic mass is 32.2. The Kier molecular flexibility index (Phi) is 3.76. The lowest BCUT2D eigenvalue weighted by Gasteiger charge is -2.08. The Morgan fingerprint density at radius 2 is 2.14 bits per heavy atom. The summed E-state index contributed by atoms with van der Waals surface area (Å²) in [5, 5.41) is 8.19. The topological polar surface area (TPSA) is 143 Å². The fourth-order valence-corrected chi connectivity index (χ4v) is 2.00. The van der Waals surface area contributed by atoms with Gasteiger partial charge in [-0.25, -0.2) is 12.8 Å². The van der Waals surface area contributed by atoms with Crippen molar-refractivity contribution in [2.75, 3.05) is 22.0 Å². The third-order valence-electron chi connectivity index (χ3n) is 2.24. The molecule has 1 aromatic heterocycles. The predicted molar refractivity (Wildman–Crippen MR) is 73.6 cm³/mol. The molecule has 9 nitrogen and oxygen atoms in total. The third-order valence-corrected chi connectivity index (χ3v) is 2.83. The number of nitrogens with one attached hydrogen (secondary N) is 3. The van der Waals surface area contributed by atoms with E-state index in [-0.39, 0.29) is 23.1 Å². The smallest absolute Gasteiger partial charge is 0.293 e. The number of nitrogens with two attached hydrogens (primary N) is 1. The van der Waals surface area contributed by atoms with Crippen LogP contribution in [0.5, 0.6) is 0 Å². The van der Waals surface area contributed by atoms with Crippen LogP contribution in [-0.2, 0) is 10.0 Å². The van der Waals surface area contributed by atoms with Gasteiger partial charge in [0.15, 0.2) is 0 Å². The second kappa shape index (κ2) is 5.36. The lowest BCUT2D eigenvalue weighted by atomic mass is 10.2. The highest BCUT2D eigenvalue weighted by molar-refractivity contribution is 7.92. The molecule has 0 aliphatic rings. The van der Waals surface area contributed by atoms with Gasteiger partial charge in [-0.2, -0.15) is 4.98 Å². The van der Waals surface area contributed by atoms with Crippen molar-refractivity contribution in [1.82, 2.24) is 15.2 Å². The monoisotopic (exact) mass is 314 g/mol. The fourth-order valence-electron chi connectivity index (χ4n) is 1.45. The Morgan fingerprint density at radius 3 is 2.71 bits per heavy atom. The van der Waals surface area contributed by atoms with Crippen molar-refractivity contribution >= 4 is 33.3 Å². The van der Waals surface area contributed by atoms with Crippen molar-refractivity contribution in [3.63, 3.8) is 0 Å². The molecule has 0 aliphatic carbocycles. The van der Waals surface area contributed by atoms with E-state index in [0.29, 0.717) is 0 Å². The van der Waals surface area contributed by atoms with Crippen LogP contribution in [0.25, 0.3) is 0 Å². The summed E-state index contributed by atoms with van der Waals surface area (Å²) in [6.07, 6.45) is 0.884. The largest absolute Gasteiger partial charge is 0.366 e. The molecule has 0 aliphatic heterocycles. The van der Waals surface area contributed by atoms with E-state index >= 15 is 0 Å². The van der Waals surface area contributed by atoms with Crippen molar-refractivity contribution in [3.05, 3.63) is 29.8 Å². The zero-order valence-electron chi connectivity index (χ0n) is 10.7. The lowest BCUT2D eigenvalue weighted by molar-refractivity contribution is 0.101. The van der Waals surface area contributed by atoms with Crippen LogP contribution in [-0.4, -0.2) is 35.8 Å². The van der Waals surface area contributed by atoms with Gasteiger partial charge in [0.25, 0.3) is 5.91 Å². The number of hydrogen-bond donors (Lipinski definition) is 4. The third kappa shape index (κ3) is 3.89. The van der Waals surface area contributed by atoms with Gasteiger partial charge in [-0.05, 0) is 18.2 Å². The SMILES string of the molecule is CS(=O)(=O)Nc1cc(NC(=O)c2nc(N)n[nH]2)ccc1F. The number of benzene rings is 1. The first-order valence-electron chi connectivity index (χ1n) is 5.51. The van der Waals surface area contributed by atoms with Gasteiger partial charge in [-0.1, -0.05) is 0 Å². The van der Waals surface area contributed by atoms with Gasteiger partial charge in [0, 0.05) is 5.69 Å². The van der Waals surface area contributed by atoms with E-state index in [4.69, 9.17) is 5.73 Å². The summed E-state index contributed by atoms with van der Waals surface area (Å²) < 4.78 is 37.7. The second-order valence-corrected chi connectivity index (χ2v) is 5.81. The van der Waals surface area contributed by atoms with Gasteiger partial charge >= 0.3 is 0 Å². The molecule has 0 bridgehead atoms. The van der Waals surface area contributed by atoms with E-state index in [1.165, 1.54) is 6.07 Å². The summed E-state index contributed by atoms with van der Waals surface area (Å²) >= 11 is 0. The van der Waals surface area contributed by atoms with Crippen molar-refractivity contribution in [1.29, 1.82) is 0 Å². The van der Waals surface area contributed by atoms with Crippen LogP contribution >= 0.6 is 0 Å². The molecule has 1 aromatic carbocycles. The van der Waals surface area contributed by atoms with E-state index in [1.807, 2.05) is 4.72 Å². The van der Waals surface area contributed by atoms with Crippen LogP contribution in [0.2, 0.25) is 0 Å². The van der Waals surface area contributed by atoms with Gasteiger partial charge in [-0.15, -0.1) is 5.10 Å². The zero-order chi connectivity index (χ0) is 15.6. The minimum atomic E-state index is -3.64.